The Kier molecular flexibility index (Phi) is 10.9. The minimum absolute atomic E-state index is 0.0195. The number of carbonyl (C=O) groups excluding carboxylic acids is 1. The monoisotopic (exact) mass is 217 g/mol. The molecule has 0 unspecified atom stereocenters. The second-order valence-corrected chi connectivity index (χ2v) is 3.42. The van der Waals surface area contributed by atoms with E-state index in [9.17, 15) is 4.79 Å². The molecular formula is C10H23N3O2. The molecule has 0 rings (SSSR count). The predicted octanol–water partition coefficient (Wildman–Crippen LogP) is -0.796. The van der Waals surface area contributed by atoms with Crippen molar-refractivity contribution in [1.82, 2.24) is 10.6 Å². The predicted molar refractivity (Wildman–Crippen MR) is 60.5 cm³/mol. The molecule has 0 heterocycles. The molecule has 0 aliphatic carbocycles. The summed E-state index contributed by atoms with van der Waals surface area (Å²) in [4.78, 5) is 11.1. The zero-order valence-corrected chi connectivity index (χ0v) is 9.30. The summed E-state index contributed by atoms with van der Waals surface area (Å²) >= 11 is 0. The summed E-state index contributed by atoms with van der Waals surface area (Å²) in [5.41, 5.74) is 5.34. The van der Waals surface area contributed by atoms with Crippen molar-refractivity contribution in [2.45, 2.75) is 25.7 Å². The number of hydrogen-bond donors (Lipinski definition) is 4. The van der Waals surface area contributed by atoms with E-state index in [0.29, 0.717) is 25.9 Å². The van der Waals surface area contributed by atoms with Crippen LogP contribution in [0.4, 0.5) is 0 Å². The van der Waals surface area contributed by atoms with Crippen molar-refractivity contribution in [2.75, 3.05) is 32.8 Å². The highest BCUT2D eigenvalue weighted by Gasteiger charge is 1.98. The zero-order chi connectivity index (χ0) is 11.4. The van der Waals surface area contributed by atoms with Gasteiger partial charge in [-0.25, -0.2) is 0 Å². The van der Waals surface area contributed by atoms with Crippen LogP contribution in [-0.4, -0.2) is 43.8 Å². The molecule has 5 N–H and O–H groups in total. The van der Waals surface area contributed by atoms with Crippen molar-refractivity contribution >= 4 is 5.91 Å². The van der Waals surface area contributed by atoms with E-state index in [1.54, 1.807) is 0 Å². The number of rotatable bonds is 10. The Labute approximate surface area is 91.4 Å². The van der Waals surface area contributed by atoms with Crippen molar-refractivity contribution in [3.05, 3.63) is 0 Å². The minimum Gasteiger partial charge on any atom is -0.396 e. The second-order valence-electron chi connectivity index (χ2n) is 3.42. The molecule has 0 aliphatic heterocycles. The average Bonchev–Trinajstić information content (AvgIpc) is 2.25. The molecule has 15 heavy (non-hydrogen) atoms. The van der Waals surface area contributed by atoms with Gasteiger partial charge in [-0.3, -0.25) is 4.79 Å². The van der Waals surface area contributed by atoms with E-state index < -0.39 is 0 Å². The molecule has 1 amide bonds. The lowest BCUT2D eigenvalue weighted by Crippen LogP contribution is -2.27. The van der Waals surface area contributed by atoms with E-state index in [0.717, 1.165) is 25.9 Å². The third kappa shape index (κ3) is 11.3. The third-order valence-corrected chi connectivity index (χ3v) is 1.97. The average molecular weight is 217 g/mol. The highest BCUT2D eigenvalue weighted by Crippen LogP contribution is 1.86. The number of nitrogens with one attached hydrogen (secondary N) is 2. The van der Waals surface area contributed by atoms with Gasteiger partial charge in [0.1, 0.15) is 0 Å². The van der Waals surface area contributed by atoms with E-state index >= 15 is 0 Å². The van der Waals surface area contributed by atoms with Gasteiger partial charge in [-0.15, -0.1) is 0 Å². The van der Waals surface area contributed by atoms with Crippen LogP contribution in [0.25, 0.3) is 0 Å². The number of aliphatic hydroxyl groups is 1. The zero-order valence-electron chi connectivity index (χ0n) is 9.30. The van der Waals surface area contributed by atoms with Crippen molar-refractivity contribution in [2.24, 2.45) is 5.73 Å². The Morgan fingerprint density at radius 1 is 1.13 bits per heavy atom. The molecule has 5 nitrogen and oxygen atoms in total. The molecule has 0 aromatic carbocycles. The number of amides is 1. The second kappa shape index (κ2) is 11.4. The molecular weight excluding hydrogens is 194 g/mol. The molecule has 0 spiro atoms. The van der Waals surface area contributed by atoms with E-state index in [1.807, 2.05) is 0 Å². The van der Waals surface area contributed by atoms with Gasteiger partial charge in [-0.1, -0.05) is 0 Å². The Morgan fingerprint density at radius 3 is 2.53 bits per heavy atom. The molecule has 0 saturated carbocycles. The Balaban J connectivity index is 3.06. The largest absolute Gasteiger partial charge is 0.396 e. The molecule has 0 aromatic rings. The maximum absolute atomic E-state index is 11.1. The topological polar surface area (TPSA) is 87.4 Å². The molecule has 5 heteroatoms. The molecule has 0 bridgehead atoms. The van der Waals surface area contributed by atoms with Crippen LogP contribution in [-0.2, 0) is 4.79 Å². The summed E-state index contributed by atoms with van der Waals surface area (Å²) in [6.45, 7) is 3.33. The molecule has 0 aromatic heterocycles. The smallest absolute Gasteiger partial charge is 0.220 e. The van der Waals surface area contributed by atoms with Crippen molar-refractivity contribution in [3.8, 4) is 0 Å². The van der Waals surface area contributed by atoms with Gasteiger partial charge in [0.15, 0.2) is 0 Å². The first-order chi connectivity index (χ1) is 7.31. The third-order valence-electron chi connectivity index (χ3n) is 1.97. The first-order valence-electron chi connectivity index (χ1n) is 5.59. The van der Waals surface area contributed by atoms with Crippen LogP contribution in [0.3, 0.4) is 0 Å². The first-order valence-corrected chi connectivity index (χ1v) is 5.59. The summed E-state index contributed by atoms with van der Waals surface area (Å²) < 4.78 is 0. The van der Waals surface area contributed by atoms with E-state index in [4.69, 9.17) is 10.8 Å². The molecule has 0 aliphatic rings. The fourth-order valence-corrected chi connectivity index (χ4v) is 1.12. The normalized spacial score (nSPS) is 10.3. The standard InChI is InChI=1S/C10H23N3O2/c11-5-2-6-12-7-3-8-13-10(15)4-1-9-14/h12,14H,1-9,11H2,(H,13,15). The van der Waals surface area contributed by atoms with Crippen LogP contribution in [0, 0.1) is 0 Å². The van der Waals surface area contributed by atoms with Gasteiger partial charge in [0, 0.05) is 19.6 Å². The van der Waals surface area contributed by atoms with Crippen LogP contribution in [0.2, 0.25) is 0 Å². The molecule has 0 radical (unpaired) electrons. The van der Waals surface area contributed by atoms with E-state index in [1.165, 1.54) is 0 Å². The maximum atomic E-state index is 11.1. The number of nitrogens with two attached hydrogens (primary N) is 1. The highest BCUT2D eigenvalue weighted by atomic mass is 16.3. The number of aliphatic hydroxyl groups excluding tert-OH is 1. The Morgan fingerprint density at radius 2 is 1.87 bits per heavy atom. The van der Waals surface area contributed by atoms with E-state index in [-0.39, 0.29) is 12.5 Å². The maximum Gasteiger partial charge on any atom is 0.220 e. The SMILES string of the molecule is NCCCNCCCNC(=O)CCCO. The van der Waals surface area contributed by atoms with Gasteiger partial charge in [-0.2, -0.15) is 0 Å². The van der Waals surface area contributed by atoms with Crippen LogP contribution < -0.4 is 16.4 Å². The van der Waals surface area contributed by atoms with Gasteiger partial charge in [0.05, 0.1) is 0 Å². The van der Waals surface area contributed by atoms with Crippen molar-refractivity contribution in [1.29, 1.82) is 0 Å². The minimum atomic E-state index is 0.0195. The molecule has 0 saturated heterocycles. The lowest BCUT2D eigenvalue weighted by atomic mass is 10.3. The van der Waals surface area contributed by atoms with Crippen LogP contribution in [0.5, 0.6) is 0 Å². The summed E-state index contributed by atoms with van der Waals surface area (Å²) in [6.07, 6.45) is 2.87. The van der Waals surface area contributed by atoms with Gasteiger partial charge in [0.2, 0.25) is 5.91 Å². The van der Waals surface area contributed by atoms with Crippen LogP contribution in [0.1, 0.15) is 25.7 Å². The quantitative estimate of drug-likeness (QED) is 0.361. The van der Waals surface area contributed by atoms with Crippen molar-refractivity contribution < 1.29 is 9.90 Å². The fourth-order valence-electron chi connectivity index (χ4n) is 1.12. The Hall–Kier alpha value is -0.650. The van der Waals surface area contributed by atoms with Crippen molar-refractivity contribution in [3.63, 3.8) is 0 Å². The van der Waals surface area contributed by atoms with E-state index in [2.05, 4.69) is 10.6 Å². The lowest BCUT2D eigenvalue weighted by Gasteiger charge is -2.05. The molecule has 0 fully saturated rings. The van der Waals surface area contributed by atoms with Gasteiger partial charge in [0.25, 0.3) is 0 Å². The summed E-state index contributed by atoms with van der Waals surface area (Å²) in [7, 11) is 0. The summed E-state index contributed by atoms with van der Waals surface area (Å²) in [5, 5.41) is 14.5. The molecule has 0 atom stereocenters. The fraction of sp³-hybridized carbons (Fsp3) is 0.900. The summed E-state index contributed by atoms with van der Waals surface area (Å²) in [6, 6.07) is 0. The number of hydrogen-bond acceptors (Lipinski definition) is 4. The molecule has 90 valence electrons. The Bertz CT molecular complexity index is 154. The summed E-state index contributed by atoms with van der Waals surface area (Å²) in [5.74, 6) is 0.0195. The number of carbonyl (C=O) groups is 1. The lowest BCUT2D eigenvalue weighted by molar-refractivity contribution is -0.121. The highest BCUT2D eigenvalue weighted by molar-refractivity contribution is 5.75. The van der Waals surface area contributed by atoms with Gasteiger partial charge >= 0.3 is 0 Å². The van der Waals surface area contributed by atoms with Crippen LogP contribution >= 0.6 is 0 Å². The van der Waals surface area contributed by atoms with Crippen LogP contribution in [0.15, 0.2) is 0 Å². The first kappa shape index (κ1) is 14.3. The van der Waals surface area contributed by atoms with Gasteiger partial charge in [-0.05, 0) is 38.9 Å². The van der Waals surface area contributed by atoms with Gasteiger partial charge < -0.3 is 21.5 Å².